The van der Waals surface area contributed by atoms with Crippen LogP contribution in [0, 0.1) is 12.8 Å². The number of aromatic nitrogens is 2. The smallest absolute Gasteiger partial charge is 0.230 e. The van der Waals surface area contributed by atoms with E-state index in [2.05, 4.69) is 34.3 Å². The van der Waals surface area contributed by atoms with Gasteiger partial charge in [0.25, 0.3) is 0 Å². The molecule has 1 saturated heterocycles. The van der Waals surface area contributed by atoms with E-state index in [1.165, 1.54) is 12.8 Å². The van der Waals surface area contributed by atoms with Crippen LogP contribution in [0.2, 0.25) is 0 Å². The van der Waals surface area contributed by atoms with Crippen LogP contribution < -0.4 is 5.32 Å². The number of rotatable bonds is 5. The minimum Gasteiger partial charge on any atom is -0.424 e. The first kappa shape index (κ1) is 13.5. The van der Waals surface area contributed by atoms with Crippen molar-refractivity contribution < 1.29 is 4.42 Å². The van der Waals surface area contributed by atoms with Gasteiger partial charge in [0.05, 0.1) is 6.54 Å². The van der Waals surface area contributed by atoms with Crippen molar-refractivity contribution in [2.24, 2.45) is 5.92 Å². The van der Waals surface area contributed by atoms with Crippen molar-refractivity contribution >= 4 is 0 Å². The molecule has 0 saturated carbocycles. The summed E-state index contributed by atoms with van der Waals surface area (Å²) >= 11 is 0. The van der Waals surface area contributed by atoms with E-state index in [1.807, 2.05) is 6.92 Å². The van der Waals surface area contributed by atoms with Gasteiger partial charge in [-0.05, 0) is 31.8 Å². The Morgan fingerprint density at radius 3 is 2.94 bits per heavy atom. The van der Waals surface area contributed by atoms with Crippen LogP contribution in [0.1, 0.15) is 38.5 Å². The lowest BCUT2D eigenvalue weighted by atomic mass is 9.98. The minimum atomic E-state index is 0.568. The molecule has 0 aromatic carbocycles. The topological polar surface area (TPSA) is 54.2 Å². The largest absolute Gasteiger partial charge is 0.424 e. The summed E-state index contributed by atoms with van der Waals surface area (Å²) in [5.41, 5.74) is 0. The van der Waals surface area contributed by atoms with E-state index in [4.69, 9.17) is 4.42 Å². The quantitative estimate of drug-likeness (QED) is 0.862. The van der Waals surface area contributed by atoms with Gasteiger partial charge in [-0.3, -0.25) is 4.90 Å². The molecular formula is C13H24N4O. The lowest BCUT2D eigenvalue weighted by Crippen LogP contribution is -2.40. The number of hydrogen-bond acceptors (Lipinski definition) is 5. The Morgan fingerprint density at radius 1 is 1.44 bits per heavy atom. The third kappa shape index (κ3) is 4.07. The zero-order valence-electron chi connectivity index (χ0n) is 11.6. The molecule has 0 amide bonds. The molecular weight excluding hydrogens is 228 g/mol. The Kier molecular flexibility index (Phi) is 4.72. The third-order valence-electron chi connectivity index (χ3n) is 3.34. The monoisotopic (exact) mass is 252 g/mol. The molecule has 102 valence electrons. The molecule has 2 heterocycles. The van der Waals surface area contributed by atoms with Crippen molar-refractivity contribution in [1.82, 2.24) is 20.4 Å². The number of likely N-dealkylation sites (tertiary alicyclic amines) is 1. The van der Waals surface area contributed by atoms with Crippen molar-refractivity contribution in [1.29, 1.82) is 0 Å². The summed E-state index contributed by atoms with van der Waals surface area (Å²) in [5.74, 6) is 2.13. The van der Waals surface area contributed by atoms with Gasteiger partial charge in [-0.15, -0.1) is 10.2 Å². The standard InChI is InChI=1S/C13H24N4O/c1-10(2)14-7-12-5-4-6-17(8-12)9-13-16-15-11(3)18-13/h10,12,14H,4-9H2,1-3H3. The van der Waals surface area contributed by atoms with Gasteiger partial charge in [-0.2, -0.15) is 0 Å². The molecule has 1 N–H and O–H groups in total. The first-order valence-electron chi connectivity index (χ1n) is 6.88. The summed E-state index contributed by atoms with van der Waals surface area (Å²) in [6.07, 6.45) is 2.58. The predicted molar refractivity (Wildman–Crippen MR) is 70.2 cm³/mol. The minimum absolute atomic E-state index is 0.568. The molecule has 1 atom stereocenters. The van der Waals surface area contributed by atoms with Crippen molar-refractivity contribution in [3.8, 4) is 0 Å². The summed E-state index contributed by atoms with van der Waals surface area (Å²) in [4.78, 5) is 2.42. The second-order valence-corrected chi connectivity index (χ2v) is 5.52. The SMILES string of the molecule is Cc1nnc(CN2CCCC(CNC(C)C)C2)o1. The normalized spacial score (nSPS) is 21.7. The van der Waals surface area contributed by atoms with E-state index in [1.54, 1.807) is 0 Å². The summed E-state index contributed by atoms with van der Waals surface area (Å²) in [5, 5.41) is 11.5. The molecule has 1 aromatic rings. The van der Waals surface area contributed by atoms with E-state index < -0.39 is 0 Å². The van der Waals surface area contributed by atoms with Gasteiger partial charge in [0.1, 0.15) is 0 Å². The molecule has 0 radical (unpaired) electrons. The van der Waals surface area contributed by atoms with Crippen molar-refractivity contribution in [2.45, 2.75) is 46.2 Å². The summed E-state index contributed by atoms with van der Waals surface area (Å²) in [6, 6.07) is 0.568. The van der Waals surface area contributed by atoms with Gasteiger partial charge in [-0.1, -0.05) is 13.8 Å². The lowest BCUT2D eigenvalue weighted by Gasteiger charge is -2.32. The molecule has 1 unspecified atom stereocenters. The van der Waals surface area contributed by atoms with Crippen LogP contribution in [0.5, 0.6) is 0 Å². The van der Waals surface area contributed by atoms with Crippen LogP contribution in [0.4, 0.5) is 0 Å². The number of nitrogens with one attached hydrogen (secondary N) is 1. The summed E-state index contributed by atoms with van der Waals surface area (Å²) in [6.45, 7) is 10.4. The maximum Gasteiger partial charge on any atom is 0.230 e. The molecule has 0 spiro atoms. The number of aryl methyl sites for hydroxylation is 1. The molecule has 5 heteroatoms. The first-order valence-corrected chi connectivity index (χ1v) is 6.88. The number of piperidine rings is 1. The van der Waals surface area contributed by atoms with Crippen molar-refractivity contribution in [3.05, 3.63) is 11.8 Å². The molecule has 1 aliphatic rings. The van der Waals surface area contributed by atoms with Gasteiger partial charge in [0.15, 0.2) is 0 Å². The van der Waals surface area contributed by atoms with Gasteiger partial charge in [-0.25, -0.2) is 0 Å². The second kappa shape index (κ2) is 6.29. The average Bonchev–Trinajstić information content (AvgIpc) is 2.73. The van der Waals surface area contributed by atoms with Crippen LogP contribution >= 0.6 is 0 Å². The Hall–Kier alpha value is -0.940. The Morgan fingerprint density at radius 2 is 2.28 bits per heavy atom. The Balaban J connectivity index is 1.79. The number of hydrogen-bond donors (Lipinski definition) is 1. The summed E-state index contributed by atoms with van der Waals surface area (Å²) < 4.78 is 5.44. The molecule has 18 heavy (non-hydrogen) atoms. The molecule has 1 aromatic heterocycles. The molecule has 0 bridgehead atoms. The van der Waals surface area contributed by atoms with Crippen LogP contribution in [0.3, 0.4) is 0 Å². The zero-order valence-corrected chi connectivity index (χ0v) is 11.6. The highest BCUT2D eigenvalue weighted by atomic mass is 16.4. The molecule has 1 fully saturated rings. The van der Waals surface area contributed by atoms with E-state index in [9.17, 15) is 0 Å². The first-order chi connectivity index (χ1) is 8.63. The van der Waals surface area contributed by atoms with Crippen molar-refractivity contribution in [2.75, 3.05) is 19.6 Å². The fourth-order valence-corrected chi connectivity index (χ4v) is 2.46. The fraction of sp³-hybridized carbons (Fsp3) is 0.846. The van der Waals surface area contributed by atoms with Gasteiger partial charge in [0, 0.05) is 19.5 Å². The highest BCUT2D eigenvalue weighted by Crippen LogP contribution is 2.17. The average molecular weight is 252 g/mol. The van der Waals surface area contributed by atoms with Crippen LogP contribution in [0.15, 0.2) is 4.42 Å². The molecule has 5 nitrogen and oxygen atoms in total. The van der Waals surface area contributed by atoms with Crippen LogP contribution in [-0.2, 0) is 6.54 Å². The molecule has 1 aliphatic heterocycles. The Labute approximate surface area is 109 Å². The maximum absolute atomic E-state index is 5.44. The molecule has 0 aliphatic carbocycles. The zero-order chi connectivity index (χ0) is 13.0. The number of nitrogens with zero attached hydrogens (tertiary/aromatic N) is 3. The highest BCUT2D eigenvalue weighted by Gasteiger charge is 2.21. The van der Waals surface area contributed by atoms with Gasteiger partial charge in [0.2, 0.25) is 11.8 Å². The van der Waals surface area contributed by atoms with Gasteiger partial charge >= 0.3 is 0 Å². The lowest BCUT2D eigenvalue weighted by molar-refractivity contribution is 0.151. The van der Waals surface area contributed by atoms with E-state index in [0.717, 1.165) is 38.0 Å². The van der Waals surface area contributed by atoms with E-state index in [0.29, 0.717) is 11.9 Å². The second-order valence-electron chi connectivity index (χ2n) is 5.52. The third-order valence-corrected chi connectivity index (χ3v) is 3.34. The van der Waals surface area contributed by atoms with E-state index in [-0.39, 0.29) is 0 Å². The summed E-state index contributed by atoms with van der Waals surface area (Å²) in [7, 11) is 0. The van der Waals surface area contributed by atoms with Crippen LogP contribution in [0.25, 0.3) is 0 Å². The maximum atomic E-state index is 5.44. The Bertz CT molecular complexity index is 364. The highest BCUT2D eigenvalue weighted by molar-refractivity contribution is 4.82. The molecule has 2 rings (SSSR count). The van der Waals surface area contributed by atoms with Crippen molar-refractivity contribution in [3.63, 3.8) is 0 Å². The van der Waals surface area contributed by atoms with Gasteiger partial charge < -0.3 is 9.73 Å². The van der Waals surface area contributed by atoms with E-state index >= 15 is 0 Å². The predicted octanol–water partition coefficient (Wildman–Crippen LogP) is 1.59. The van der Waals surface area contributed by atoms with Crippen LogP contribution in [-0.4, -0.2) is 40.8 Å². The fourth-order valence-electron chi connectivity index (χ4n) is 2.46.